The third kappa shape index (κ3) is 4.86. The molecule has 116 valence electrons. The number of hydrogen-bond acceptors (Lipinski definition) is 3. The van der Waals surface area contributed by atoms with Gasteiger partial charge in [0, 0.05) is 12.1 Å². The Hall–Kier alpha value is -2.40. The van der Waals surface area contributed by atoms with Gasteiger partial charge >= 0.3 is 0 Å². The van der Waals surface area contributed by atoms with Crippen molar-refractivity contribution in [2.45, 2.75) is 12.5 Å². The maximum absolute atomic E-state index is 13.5. The average Bonchev–Trinajstić information content (AvgIpc) is 2.54. The molecule has 2 N–H and O–H groups in total. The topological polar surface area (TPSA) is 58.6 Å². The van der Waals surface area contributed by atoms with Gasteiger partial charge in [0.15, 0.2) is 0 Å². The van der Waals surface area contributed by atoms with Gasteiger partial charge in [-0.15, -0.1) is 0 Å². The fraction of sp³-hybridized carbons (Fsp3) is 0.235. The molecule has 1 atom stereocenters. The van der Waals surface area contributed by atoms with Crippen LogP contribution in [0.2, 0.25) is 0 Å². The van der Waals surface area contributed by atoms with E-state index < -0.39 is 11.9 Å². The summed E-state index contributed by atoms with van der Waals surface area (Å²) in [5, 5.41) is 12.4. The number of amides is 1. The molecule has 5 heteroatoms. The molecule has 0 unspecified atom stereocenters. The Morgan fingerprint density at radius 3 is 2.55 bits per heavy atom. The molecule has 1 amide bonds. The van der Waals surface area contributed by atoms with Gasteiger partial charge in [-0.25, -0.2) is 4.39 Å². The van der Waals surface area contributed by atoms with E-state index in [0.29, 0.717) is 5.75 Å². The van der Waals surface area contributed by atoms with Gasteiger partial charge in [0.25, 0.3) is 0 Å². The van der Waals surface area contributed by atoms with Crippen molar-refractivity contribution >= 4 is 5.91 Å². The summed E-state index contributed by atoms with van der Waals surface area (Å²) >= 11 is 0. The van der Waals surface area contributed by atoms with E-state index in [0.717, 1.165) is 0 Å². The molecule has 22 heavy (non-hydrogen) atoms. The van der Waals surface area contributed by atoms with Crippen molar-refractivity contribution in [3.05, 3.63) is 66.0 Å². The molecule has 0 bridgehead atoms. The number of carbonyl (C=O) groups excluding carboxylic acids is 1. The van der Waals surface area contributed by atoms with Crippen LogP contribution in [0, 0.1) is 5.82 Å². The van der Waals surface area contributed by atoms with Crippen LogP contribution in [0.1, 0.15) is 18.1 Å². The molecule has 0 radical (unpaired) electrons. The number of halogens is 1. The standard InChI is InChI=1S/C17H18FNO3/c18-15-9-5-4-8-14(15)16(20)12-19-17(21)10-11-22-13-6-2-1-3-7-13/h1-9,16,20H,10-12H2,(H,19,21)/t16-/m0/s1. The summed E-state index contributed by atoms with van der Waals surface area (Å²) in [5.74, 6) is -0.0512. The van der Waals surface area contributed by atoms with Crippen LogP contribution in [0.25, 0.3) is 0 Å². The second kappa shape index (κ2) is 8.14. The maximum Gasteiger partial charge on any atom is 0.223 e. The number of benzene rings is 2. The minimum absolute atomic E-state index is 0.0366. The molecular formula is C17H18FNO3. The van der Waals surface area contributed by atoms with Crippen LogP contribution in [0.5, 0.6) is 5.75 Å². The smallest absolute Gasteiger partial charge is 0.223 e. The lowest BCUT2D eigenvalue weighted by Crippen LogP contribution is -2.29. The second-order valence-corrected chi connectivity index (χ2v) is 4.75. The Balaban J connectivity index is 1.70. The lowest BCUT2D eigenvalue weighted by atomic mass is 10.1. The molecule has 0 aliphatic rings. The van der Waals surface area contributed by atoms with E-state index in [-0.39, 0.29) is 31.0 Å². The van der Waals surface area contributed by atoms with Gasteiger partial charge in [-0.1, -0.05) is 36.4 Å². The van der Waals surface area contributed by atoms with Crippen LogP contribution in [-0.4, -0.2) is 24.2 Å². The Morgan fingerprint density at radius 1 is 1.14 bits per heavy atom. The van der Waals surface area contributed by atoms with Crippen LogP contribution in [0.15, 0.2) is 54.6 Å². The summed E-state index contributed by atoms with van der Waals surface area (Å²) in [6.07, 6.45) is -0.904. The number of rotatable bonds is 7. The van der Waals surface area contributed by atoms with Crippen molar-refractivity contribution in [2.75, 3.05) is 13.2 Å². The van der Waals surface area contributed by atoms with E-state index in [1.807, 2.05) is 18.2 Å². The summed E-state index contributed by atoms with van der Waals surface area (Å²) in [6, 6.07) is 15.1. The zero-order chi connectivity index (χ0) is 15.8. The predicted molar refractivity (Wildman–Crippen MR) is 80.9 cm³/mol. The Morgan fingerprint density at radius 2 is 1.82 bits per heavy atom. The third-order valence-electron chi connectivity index (χ3n) is 3.10. The molecule has 2 rings (SSSR count). The average molecular weight is 303 g/mol. The third-order valence-corrected chi connectivity index (χ3v) is 3.10. The maximum atomic E-state index is 13.5. The quantitative estimate of drug-likeness (QED) is 0.826. The van der Waals surface area contributed by atoms with Gasteiger partial charge in [0.05, 0.1) is 19.1 Å². The van der Waals surface area contributed by atoms with E-state index in [1.54, 1.807) is 24.3 Å². The minimum atomic E-state index is -1.07. The molecule has 0 spiro atoms. The molecule has 2 aromatic carbocycles. The van der Waals surface area contributed by atoms with Crippen LogP contribution in [0.4, 0.5) is 4.39 Å². The zero-order valence-electron chi connectivity index (χ0n) is 12.0. The first kappa shape index (κ1) is 16.0. The van der Waals surface area contributed by atoms with Gasteiger partial charge in [0.2, 0.25) is 5.91 Å². The number of para-hydroxylation sites is 1. The highest BCUT2D eigenvalue weighted by Crippen LogP contribution is 2.15. The van der Waals surface area contributed by atoms with E-state index in [1.165, 1.54) is 12.1 Å². The molecule has 0 heterocycles. The van der Waals surface area contributed by atoms with Crippen LogP contribution in [-0.2, 0) is 4.79 Å². The highest BCUT2D eigenvalue weighted by Gasteiger charge is 2.13. The number of aliphatic hydroxyl groups excluding tert-OH is 1. The van der Waals surface area contributed by atoms with Crippen molar-refractivity contribution in [1.29, 1.82) is 0 Å². The van der Waals surface area contributed by atoms with E-state index in [2.05, 4.69) is 5.32 Å². The Bertz CT molecular complexity index is 604. The molecule has 0 fully saturated rings. The van der Waals surface area contributed by atoms with Crippen molar-refractivity contribution in [2.24, 2.45) is 0 Å². The van der Waals surface area contributed by atoms with Crippen molar-refractivity contribution in [3.8, 4) is 5.75 Å². The van der Waals surface area contributed by atoms with Gasteiger partial charge in [-0.3, -0.25) is 4.79 Å². The molecule has 0 aromatic heterocycles. The SMILES string of the molecule is O=C(CCOc1ccccc1)NC[C@H](O)c1ccccc1F. The first-order valence-electron chi connectivity index (χ1n) is 7.04. The van der Waals surface area contributed by atoms with Gasteiger partial charge in [-0.2, -0.15) is 0 Å². The van der Waals surface area contributed by atoms with Crippen molar-refractivity contribution in [1.82, 2.24) is 5.32 Å². The fourth-order valence-electron chi connectivity index (χ4n) is 1.93. The van der Waals surface area contributed by atoms with Gasteiger partial charge in [-0.05, 0) is 18.2 Å². The van der Waals surface area contributed by atoms with Crippen molar-refractivity contribution < 1.29 is 19.0 Å². The molecule has 0 saturated heterocycles. The van der Waals surface area contributed by atoms with E-state index in [9.17, 15) is 14.3 Å². The van der Waals surface area contributed by atoms with Crippen LogP contribution < -0.4 is 10.1 Å². The lowest BCUT2D eigenvalue weighted by molar-refractivity contribution is -0.122. The van der Waals surface area contributed by atoms with Crippen LogP contribution >= 0.6 is 0 Å². The van der Waals surface area contributed by atoms with Crippen molar-refractivity contribution in [3.63, 3.8) is 0 Å². The Labute approximate surface area is 128 Å². The Kier molecular flexibility index (Phi) is 5.91. The normalized spacial score (nSPS) is 11.7. The van der Waals surface area contributed by atoms with E-state index >= 15 is 0 Å². The largest absolute Gasteiger partial charge is 0.493 e. The zero-order valence-corrected chi connectivity index (χ0v) is 12.0. The first-order chi connectivity index (χ1) is 10.7. The molecule has 4 nitrogen and oxygen atoms in total. The van der Waals surface area contributed by atoms with Crippen LogP contribution in [0.3, 0.4) is 0 Å². The number of carbonyl (C=O) groups is 1. The summed E-state index contributed by atoms with van der Waals surface area (Å²) in [7, 11) is 0. The fourth-order valence-corrected chi connectivity index (χ4v) is 1.93. The minimum Gasteiger partial charge on any atom is -0.493 e. The monoisotopic (exact) mass is 303 g/mol. The number of aliphatic hydroxyl groups is 1. The summed E-state index contributed by atoms with van der Waals surface area (Å²) in [6.45, 7) is 0.205. The van der Waals surface area contributed by atoms with E-state index in [4.69, 9.17) is 4.74 Å². The highest BCUT2D eigenvalue weighted by molar-refractivity contribution is 5.76. The molecule has 0 aliphatic heterocycles. The number of hydrogen-bond donors (Lipinski definition) is 2. The predicted octanol–water partition coefficient (Wildman–Crippen LogP) is 2.44. The lowest BCUT2D eigenvalue weighted by Gasteiger charge is -2.13. The summed E-state index contributed by atoms with van der Waals surface area (Å²) < 4.78 is 18.9. The summed E-state index contributed by atoms with van der Waals surface area (Å²) in [4.78, 5) is 11.7. The summed E-state index contributed by atoms with van der Waals surface area (Å²) in [5.41, 5.74) is 0.170. The van der Waals surface area contributed by atoms with Gasteiger partial charge in [0.1, 0.15) is 11.6 Å². The number of ether oxygens (including phenoxy) is 1. The first-order valence-corrected chi connectivity index (χ1v) is 7.04. The van der Waals surface area contributed by atoms with Gasteiger partial charge < -0.3 is 15.2 Å². The molecule has 0 saturated carbocycles. The second-order valence-electron chi connectivity index (χ2n) is 4.75. The number of nitrogens with one attached hydrogen (secondary N) is 1. The molecule has 0 aliphatic carbocycles. The molecule has 2 aromatic rings. The molecular weight excluding hydrogens is 285 g/mol. The highest BCUT2D eigenvalue weighted by atomic mass is 19.1.